The molecule has 5 nitrogen and oxygen atoms in total. The van der Waals surface area contributed by atoms with Gasteiger partial charge < -0.3 is 5.32 Å². The van der Waals surface area contributed by atoms with Crippen molar-refractivity contribution in [1.82, 2.24) is 19.7 Å². The zero-order valence-corrected chi connectivity index (χ0v) is 12.7. The van der Waals surface area contributed by atoms with Gasteiger partial charge in [0, 0.05) is 18.9 Å². The van der Waals surface area contributed by atoms with Crippen LogP contribution >= 0.6 is 11.6 Å². The lowest BCUT2D eigenvalue weighted by Crippen LogP contribution is -2.25. The SMILES string of the molecule is Cc1nc2c(Cl)nccn2c1C(=O)NCc1ccc(F)c(F)c1. The third kappa shape index (κ3) is 2.87. The van der Waals surface area contributed by atoms with Gasteiger partial charge in [-0.3, -0.25) is 9.20 Å². The van der Waals surface area contributed by atoms with E-state index in [-0.39, 0.29) is 11.7 Å². The van der Waals surface area contributed by atoms with Crippen LogP contribution in [0.4, 0.5) is 8.78 Å². The van der Waals surface area contributed by atoms with E-state index in [0.29, 0.717) is 22.6 Å². The molecule has 8 heteroatoms. The second-order valence-corrected chi connectivity index (χ2v) is 5.25. The Morgan fingerprint density at radius 1 is 1.35 bits per heavy atom. The number of halogens is 3. The second-order valence-electron chi connectivity index (χ2n) is 4.89. The molecule has 1 N–H and O–H groups in total. The Hall–Kier alpha value is -2.54. The van der Waals surface area contributed by atoms with Crippen LogP contribution in [0.5, 0.6) is 0 Å². The van der Waals surface area contributed by atoms with Crippen molar-refractivity contribution in [2.75, 3.05) is 0 Å². The average Bonchev–Trinajstić information content (AvgIpc) is 2.86. The van der Waals surface area contributed by atoms with E-state index in [0.717, 1.165) is 12.1 Å². The first-order valence-electron chi connectivity index (χ1n) is 6.68. The minimum Gasteiger partial charge on any atom is -0.347 e. The fourth-order valence-corrected chi connectivity index (χ4v) is 2.44. The molecule has 0 saturated carbocycles. The maximum absolute atomic E-state index is 13.2. The summed E-state index contributed by atoms with van der Waals surface area (Å²) in [6.07, 6.45) is 3.04. The molecule has 118 valence electrons. The second kappa shape index (κ2) is 5.92. The number of imidazole rings is 1. The number of nitrogens with zero attached hydrogens (tertiary/aromatic N) is 3. The fourth-order valence-electron chi connectivity index (χ4n) is 2.25. The van der Waals surface area contributed by atoms with Crippen molar-refractivity contribution >= 4 is 23.2 Å². The molecule has 0 aliphatic carbocycles. The number of amides is 1. The molecule has 0 fully saturated rings. The molecule has 3 aromatic rings. The van der Waals surface area contributed by atoms with E-state index in [1.54, 1.807) is 13.1 Å². The van der Waals surface area contributed by atoms with Gasteiger partial charge in [0.15, 0.2) is 22.4 Å². The first-order chi connectivity index (χ1) is 11.0. The minimum absolute atomic E-state index is 0.0571. The summed E-state index contributed by atoms with van der Waals surface area (Å²) in [5, 5.41) is 2.84. The number of carbonyl (C=O) groups is 1. The van der Waals surface area contributed by atoms with Crippen LogP contribution < -0.4 is 5.32 Å². The van der Waals surface area contributed by atoms with Gasteiger partial charge in [0.2, 0.25) is 0 Å². The van der Waals surface area contributed by atoms with Crippen LogP contribution in [-0.2, 0) is 6.54 Å². The quantitative estimate of drug-likeness (QED) is 0.800. The normalized spacial score (nSPS) is 11.0. The molecule has 0 saturated heterocycles. The number of benzene rings is 1. The molecule has 0 atom stereocenters. The van der Waals surface area contributed by atoms with Crippen LogP contribution in [-0.4, -0.2) is 20.3 Å². The molecule has 1 aromatic carbocycles. The molecule has 23 heavy (non-hydrogen) atoms. The Bertz CT molecular complexity index is 910. The Morgan fingerprint density at radius 3 is 2.87 bits per heavy atom. The maximum atomic E-state index is 13.2. The Labute approximate surface area is 134 Å². The lowest BCUT2D eigenvalue weighted by atomic mass is 10.2. The van der Waals surface area contributed by atoms with Crippen LogP contribution in [0.1, 0.15) is 21.7 Å². The molecule has 2 aromatic heterocycles. The average molecular weight is 337 g/mol. The molecule has 0 aliphatic heterocycles. The third-order valence-corrected chi connectivity index (χ3v) is 3.59. The molecule has 2 heterocycles. The lowest BCUT2D eigenvalue weighted by molar-refractivity contribution is 0.0944. The van der Waals surface area contributed by atoms with Crippen molar-refractivity contribution in [1.29, 1.82) is 0 Å². The molecule has 0 unspecified atom stereocenters. The highest BCUT2D eigenvalue weighted by atomic mass is 35.5. The maximum Gasteiger partial charge on any atom is 0.270 e. The van der Waals surface area contributed by atoms with Crippen molar-refractivity contribution < 1.29 is 13.6 Å². The molecule has 3 rings (SSSR count). The van der Waals surface area contributed by atoms with Gasteiger partial charge in [0.05, 0.1) is 5.69 Å². The highest BCUT2D eigenvalue weighted by Gasteiger charge is 2.18. The van der Waals surface area contributed by atoms with E-state index in [9.17, 15) is 13.6 Å². The monoisotopic (exact) mass is 336 g/mol. The number of aryl methyl sites for hydroxylation is 1. The first-order valence-corrected chi connectivity index (χ1v) is 7.06. The van der Waals surface area contributed by atoms with Gasteiger partial charge >= 0.3 is 0 Å². The Kier molecular flexibility index (Phi) is 3.96. The fraction of sp³-hybridized carbons (Fsp3) is 0.133. The van der Waals surface area contributed by atoms with E-state index in [1.165, 1.54) is 16.7 Å². The summed E-state index contributed by atoms with van der Waals surface area (Å²) in [5.74, 6) is -2.29. The number of rotatable bonds is 3. The van der Waals surface area contributed by atoms with Gasteiger partial charge in [-0.2, -0.15) is 0 Å². The summed E-state index contributed by atoms with van der Waals surface area (Å²) in [6.45, 7) is 1.73. The zero-order valence-electron chi connectivity index (χ0n) is 12.0. The van der Waals surface area contributed by atoms with Gasteiger partial charge in [0.1, 0.15) is 5.69 Å². The largest absolute Gasteiger partial charge is 0.347 e. The van der Waals surface area contributed by atoms with Gasteiger partial charge in [-0.1, -0.05) is 17.7 Å². The molecular weight excluding hydrogens is 326 g/mol. The summed E-state index contributed by atoms with van der Waals surface area (Å²) < 4.78 is 27.6. The van der Waals surface area contributed by atoms with E-state index in [4.69, 9.17) is 11.6 Å². The van der Waals surface area contributed by atoms with Crippen LogP contribution in [0, 0.1) is 18.6 Å². The topological polar surface area (TPSA) is 59.3 Å². The van der Waals surface area contributed by atoms with Crippen molar-refractivity contribution in [2.45, 2.75) is 13.5 Å². The van der Waals surface area contributed by atoms with Crippen LogP contribution in [0.3, 0.4) is 0 Å². The summed E-state index contributed by atoms with van der Waals surface area (Å²) in [5.41, 5.74) is 1.63. The van der Waals surface area contributed by atoms with E-state index < -0.39 is 17.5 Å². The van der Waals surface area contributed by atoms with Crippen molar-refractivity contribution in [3.05, 3.63) is 64.3 Å². The van der Waals surface area contributed by atoms with Gasteiger partial charge in [-0.25, -0.2) is 18.7 Å². The minimum atomic E-state index is -0.958. The molecular formula is C15H11ClF2N4O. The summed E-state index contributed by atoms with van der Waals surface area (Å²) >= 11 is 5.95. The van der Waals surface area contributed by atoms with E-state index >= 15 is 0 Å². The Balaban J connectivity index is 1.85. The number of fused-ring (bicyclic) bond motifs is 1. The summed E-state index contributed by atoms with van der Waals surface area (Å²) in [6, 6.07) is 3.46. The Morgan fingerprint density at radius 2 is 2.13 bits per heavy atom. The van der Waals surface area contributed by atoms with Crippen molar-refractivity contribution in [3.63, 3.8) is 0 Å². The predicted octanol–water partition coefficient (Wildman–Crippen LogP) is 2.90. The molecule has 0 aliphatic rings. The summed E-state index contributed by atoms with van der Waals surface area (Å²) in [7, 11) is 0. The third-order valence-electron chi connectivity index (χ3n) is 3.33. The molecule has 0 spiro atoms. The van der Waals surface area contributed by atoms with Crippen molar-refractivity contribution in [2.24, 2.45) is 0 Å². The van der Waals surface area contributed by atoms with Crippen LogP contribution in [0.2, 0.25) is 5.15 Å². The van der Waals surface area contributed by atoms with Gasteiger partial charge in [-0.05, 0) is 24.6 Å². The predicted molar refractivity (Wildman–Crippen MR) is 80.3 cm³/mol. The lowest BCUT2D eigenvalue weighted by Gasteiger charge is -2.06. The number of aromatic nitrogens is 3. The van der Waals surface area contributed by atoms with E-state index in [1.807, 2.05) is 0 Å². The van der Waals surface area contributed by atoms with Gasteiger partial charge in [-0.15, -0.1) is 0 Å². The summed E-state index contributed by atoms with van der Waals surface area (Å²) in [4.78, 5) is 20.5. The highest BCUT2D eigenvalue weighted by molar-refractivity contribution is 6.32. The molecule has 0 bridgehead atoms. The smallest absolute Gasteiger partial charge is 0.270 e. The number of nitrogens with one attached hydrogen (secondary N) is 1. The number of hydrogen-bond donors (Lipinski definition) is 1. The first kappa shape index (κ1) is 15.4. The van der Waals surface area contributed by atoms with Gasteiger partial charge in [0.25, 0.3) is 5.91 Å². The van der Waals surface area contributed by atoms with E-state index in [2.05, 4.69) is 15.3 Å². The number of hydrogen-bond acceptors (Lipinski definition) is 3. The molecule has 1 amide bonds. The highest BCUT2D eigenvalue weighted by Crippen LogP contribution is 2.17. The van der Waals surface area contributed by atoms with Crippen LogP contribution in [0.15, 0.2) is 30.6 Å². The van der Waals surface area contributed by atoms with Crippen molar-refractivity contribution in [3.8, 4) is 0 Å². The standard InChI is InChI=1S/C15H11ClF2N4O/c1-8-12(22-5-4-19-13(16)14(22)21-8)15(23)20-7-9-2-3-10(17)11(18)6-9/h2-6H,7H2,1H3,(H,20,23). The zero-order chi connectivity index (χ0) is 16.6. The van der Waals surface area contributed by atoms with Crippen LogP contribution in [0.25, 0.3) is 5.65 Å². The number of carbonyl (C=O) groups excluding carboxylic acids is 1. The molecule has 0 radical (unpaired) electrons.